The van der Waals surface area contributed by atoms with Crippen molar-refractivity contribution in [1.82, 2.24) is 0 Å². The van der Waals surface area contributed by atoms with E-state index in [1.54, 1.807) is 0 Å². The predicted molar refractivity (Wildman–Crippen MR) is 51.6 cm³/mol. The molecule has 0 aliphatic carbocycles. The minimum absolute atomic E-state index is 1.62. The first-order valence-electron chi connectivity index (χ1n) is 4.64. The van der Waals surface area contributed by atoms with Gasteiger partial charge in [0, 0.05) is 0 Å². The minimum atomic E-state index is -4.00. The average Bonchev–Trinajstić information content (AvgIpc) is 2.24. The summed E-state index contributed by atoms with van der Waals surface area (Å²) >= 11 is 0. The lowest BCUT2D eigenvalue weighted by Crippen LogP contribution is -2.54. The first-order chi connectivity index (χ1) is 10.0. The van der Waals surface area contributed by atoms with Crippen LogP contribution in [0.5, 0.6) is 0 Å². The highest BCUT2D eigenvalue weighted by Gasteiger charge is 2.52. The molecule has 22 heavy (non-hydrogen) atoms. The van der Waals surface area contributed by atoms with Crippen LogP contribution in [0.25, 0.3) is 0 Å². The van der Waals surface area contributed by atoms with Crippen LogP contribution in [0, 0.1) is 46.4 Å². The highest BCUT2D eigenvalue weighted by molar-refractivity contribution is 4.69. The summed E-state index contributed by atoms with van der Waals surface area (Å²) in [6.07, 6.45) is -2.86. The molecule has 2 N–H and O–H groups in total. The van der Waals surface area contributed by atoms with Gasteiger partial charge in [0.15, 0.2) is 0 Å². The fourth-order valence-corrected chi connectivity index (χ4v) is 1.07. The lowest BCUT2D eigenvalue weighted by atomic mass is 10.1. The third-order valence-electron chi connectivity index (χ3n) is 1.78. The first-order valence-corrected chi connectivity index (χ1v) is 4.64. The Bertz CT molecular complexity index is 418. The van der Waals surface area contributed by atoms with Gasteiger partial charge in [-0.1, -0.05) is 0 Å². The van der Waals surface area contributed by atoms with Gasteiger partial charge in [0.05, 0.1) is 6.61 Å². The molecule has 0 aromatic rings. The molecule has 0 aromatic carbocycles. The van der Waals surface area contributed by atoms with Crippen molar-refractivity contribution in [3.05, 3.63) is 40.5 Å². The number of nitrogens with zero attached hydrogens (tertiary/aromatic N) is 4. The van der Waals surface area contributed by atoms with Crippen molar-refractivity contribution in [2.24, 2.45) is 5.92 Å². The number of hydrogen-bond donors (Lipinski definition) is 2. The van der Waals surface area contributed by atoms with E-state index in [-0.39, 0.29) is 0 Å². The smallest absolute Gasteiger partial charge is 0.373 e. The van der Waals surface area contributed by atoms with E-state index in [1.165, 1.54) is 0 Å². The molecule has 1 unspecified atom stereocenters. The van der Waals surface area contributed by atoms with Crippen molar-refractivity contribution < 1.29 is 49.9 Å². The molecule has 0 saturated heterocycles. The van der Waals surface area contributed by atoms with Crippen molar-refractivity contribution in [1.29, 1.82) is 0 Å². The lowest BCUT2D eigenvalue weighted by molar-refractivity contribution is -0.909. The molecule has 1 atom stereocenters. The number of hydrogen-bond acceptors (Lipinski definition) is 14. The molecule has 18 heteroatoms. The average molecular weight is 334 g/mol. The summed E-state index contributed by atoms with van der Waals surface area (Å²) in [6, 6.07) is 0. The maximum absolute atomic E-state index is 10.2. The lowest BCUT2D eigenvalue weighted by Gasteiger charge is -2.32. The summed E-state index contributed by atoms with van der Waals surface area (Å²) in [5, 5.41) is 52.0. The van der Waals surface area contributed by atoms with Crippen molar-refractivity contribution in [3.63, 3.8) is 0 Å². The van der Waals surface area contributed by atoms with Crippen molar-refractivity contribution in [3.8, 4) is 0 Å². The van der Waals surface area contributed by atoms with Crippen LogP contribution in [-0.4, -0.2) is 49.4 Å². The monoisotopic (exact) mass is 334 g/mol. The maximum Gasteiger partial charge on any atom is 0.373 e. The summed E-state index contributed by atoms with van der Waals surface area (Å²) in [7, 11) is 0. The van der Waals surface area contributed by atoms with Gasteiger partial charge in [0.1, 0.15) is 5.92 Å². The Morgan fingerprint density at radius 3 is 1.45 bits per heavy atom. The highest BCUT2D eigenvalue weighted by atomic mass is 17.1. The van der Waals surface area contributed by atoms with E-state index in [0.717, 1.165) is 0 Å². The maximum atomic E-state index is 10.2. The van der Waals surface area contributed by atoms with Crippen LogP contribution in [0.3, 0.4) is 0 Å². The molecule has 0 heterocycles. The molecule has 0 rings (SSSR count). The molecule has 0 aliphatic heterocycles. The third-order valence-corrected chi connectivity index (χ3v) is 1.78. The molecule has 0 spiro atoms. The zero-order chi connectivity index (χ0) is 17.5. The standard InChI is InChI=1S/C4H6N4O14/c9-1-2(3(19-5(11)12)20-6(13)14)4(10,21-7(15)16)22-8(17)18/h2-3,9-10H,1H2. The molecule has 0 saturated carbocycles. The first kappa shape index (κ1) is 18.7. The Morgan fingerprint density at radius 2 is 1.23 bits per heavy atom. The highest BCUT2D eigenvalue weighted by Crippen LogP contribution is 2.27. The van der Waals surface area contributed by atoms with E-state index in [1.807, 2.05) is 0 Å². The van der Waals surface area contributed by atoms with Crippen molar-refractivity contribution in [2.75, 3.05) is 6.61 Å². The summed E-state index contributed by atoms with van der Waals surface area (Å²) in [5.74, 6) is -6.67. The van der Waals surface area contributed by atoms with Gasteiger partial charge in [-0.05, 0) is 0 Å². The summed E-state index contributed by atoms with van der Waals surface area (Å²) in [5.41, 5.74) is 0. The van der Waals surface area contributed by atoms with Crippen LogP contribution in [0.4, 0.5) is 0 Å². The molecule has 0 amide bonds. The number of aliphatic hydroxyl groups excluding tert-OH is 1. The Kier molecular flexibility index (Phi) is 6.37. The molecule has 0 fully saturated rings. The summed E-state index contributed by atoms with van der Waals surface area (Å²) in [4.78, 5) is 54.6. The van der Waals surface area contributed by atoms with E-state index in [9.17, 15) is 45.6 Å². The number of rotatable bonds is 11. The predicted octanol–water partition coefficient (Wildman–Crippen LogP) is -2.60. The second-order valence-electron chi connectivity index (χ2n) is 3.08. The van der Waals surface area contributed by atoms with Crippen LogP contribution in [0.2, 0.25) is 0 Å². The van der Waals surface area contributed by atoms with Crippen LogP contribution < -0.4 is 0 Å². The van der Waals surface area contributed by atoms with Crippen molar-refractivity contribution >= 4 is 0 Å². The zero-order valence-electron chi connectivity index (χ0n) is 9.94. The third kappa shape index (κ3) is 5.79. The Hall–Kier alpha value is -3.28. The number of aliphatic hydroxyl groups is 2. The molecule has 0 bridgehead atoms. The van der Waals surface area contributed by atoms with Crippen LogP contribution in [0.1, 0.15) is 0 Å². The van der Waals surface area contributed by atoms with E-state index >= 15 is 0 Å². The second-order valence-corrected chi connectivity index (χ2v) is 3.08. The Balaban J connectivity index is 5.62. The van der Waals surface area contributed by atoms with Gasteiger partial charge in [0.2, 0.25) is 0 Å². The fraction of sp³-hybridized carbons (Fsp3) is 1.00. The molecular weight excluding hydrogens is 328 g/mol. The van der Waals surface area contributed by atoms with Gasteiger partial charge in [0.25, 0.3) is 26.6 Å². The zero-order valence-corrected chi connectivity index (χ0v) is 9.94. The fourth-order valence-electron chi connectivity index (χ4n) is 1.07. The van der Waals surface area contributed by atoms with Gasteiger partial charge in [-0.25, -0.2) is 9.68 Å². The van der Waals surface area contributed by atoms with Gasteiger partial charge in [-0.15, -0.1) is 40.5 Å². The molecule has 0 aliphatic rings. The molecule has 0 aromatic heterocycles. The van der Waals surface area contributed by atoms with E-state index in [4.69, 9.17) is 5.11 Å². The SMILES string of the molecule is O=[N+]([O-])OC(O[N+](=O)[O-])C(CO)C(O)(O[N+](=O)[O-])O[N+](=O)[O-]. The Labute approximate surface area is 116 Å². The van der Waals surface area contributed by atoms with Crippen LogP contribution in [-0.2, 0) is 19.4 Å². The largest absolute Gasteiger partial charge is 0.396 e. The topological polar surface area (TPSA) is 250 Å². The van der Waals surface area contributed by atoms with Crippen molar-refractivity contribution in [2.45, 2.75) is 12.3 Å². The van der Waals surface area contributed by atoms with Gasteiger partial charge in [-0.2, -0.15) is 0 Å². The second kappa shape index (κ2) is 7.49. The van der Waals surface area contributed by atoms with Gasteiger partial charge >= 0.3 is 5.97 Å². The summed E-state index contributed by atoms with van der Waals surface area (Å²) in [6.45, 7) is -1.62. The normalized spacial score (nSPS) is 12.1. The quantitative estimate of drug-likeness (QED) is 0.223. The van der Waals surface area contributed by atoms with Crippen LogP contribution in [0.15, 0.2) is 0 Å². The molecule has 126 valence electrons. The van der Waals surface area contributed by atoms with E-state index < -0.39 is 45.1 Å². The molecule has 0 radical (unpaired) electrons. The van der Waals surface area contributed by atoms with E-state index in [0.29, 0.717) is 0 Å². The minimum Gasteiger partial charge on any atom is -0.396 e. The molecular formula is C4H6N4O14. The van der Waals surface area contributed by atoms with E-state index in [2.05, 4.69) is 19.4 Å². The Morgan fingerprint density at radius 1 is 0.864 bits per heavy atom. The van der Waals surface area contributed by atoms with Crippen LogP contribution >= 0.6 is 0 Å². The van der Waals surface area contributed by atoms with Gasteiger partial charge < -0.3 is 10.2 Å². The van der Waals surface area contributed by atoms with Gasteiger partial charge in [-0.3, -0.25) is 9.68 Å². The summed E-state index contributed by atoms with van der Waals surface area (Å²) < 4.78 is 0. The molecule has 18 nitrogen and oxygen atoms in total.